The van der Waals surface area contributed by atoms with Crippen molar-refractivity contribution >= 4 is 5.82 Å². The predicted octanol–water partition coefficient (Wildman–Crippen LogP) is 2.42. The molecule has 0 radical (unpaired) electrons. The standard InChI is InChI=1S/C13H25N3O/c1-7-9(2)11-10(3)16(6)15-12(11)14-8-13(4,5)17/h9,17H,7-8H2,1-6H3,(H,14,15)/t9-/m1/s1. The number of aliphatic hydroxyl groups is 1. The van der Waals surface area contributed by atoms with Crippen LogP contribution < -0.4 is 5.32 Å². The lowest BCUT2D eigenvalue weighted by Gasteiger charge is -2.19. The monoisotopic (exact) mass is 239 g/mol. The van der Waals surface area contributed by atoms with Crippen molar-refractivity contribution in [2.75, 3.05) is 11.9 Å². The number of nitrogens with zero attached hydrogens (tertiary/aromatic N) is 2. The van der Waals surface area contributed by atoms with Crippen LogP contribution >= 0.6 is 0 Å². The molecule has 1 aromatic rings. The summed E-state index contributed by atoms with van der Waals surface area (Å²) >= 11 is 0. The third kappa shape index (κ3) is 3.46. The van der Waals surface area contributed by atoms with Gasteiger partial charge in [0.2, 0.25) is 0 Å². The van der Waals surface area contributed by atoms with E-state index >= 15 is 0 Å². The Kier molecular flexibility index (Phi) is 4.20. The number of aromatic nitrogens is 2. The summed E-state index contributed by atoms with van der Waals surface area (Å²) in [6, 6.07) is 0. The quantitative estimate of drug-likeness (QED) is 0.829. The highest BCUT2D eigenvalue weighted by Gasteiger charge is 2.20. The van der Waals surface area contributed by atoms with Crippen molar-refractivity contribution in [1.82, 2.24) is 9.78 Å². The number of anilines is 1. The number of rotatable bonds is 5. The second kappa shape index (κ2) is 5.08. The van der Waals surface area contributed by atoms with Gasteiger partial charge in [0.05, 0.1) is 5.60 Å². The van der Waals surface area contributed by atoms with Gasteiger partial charge in [-0.2, -0.15) is 5.10 Å². The maximum Gasteiger partial charge on any atom is 0.151 e. The van der Waals surface area contributed by atoms with Gasteiger partial charge >= 0.3 is 0 Å². The fraction of sp³-hybridized carbons (Fsp3) is 0.769. The van der Waals surface area contributed by atoms with Gasteiger partial charge in [0.15, 0.2) is 5.82 Å². The molecule has 0 aliphatic heterocycles. The minimum absolute atomic E-state index is 0.480. The summed E-state index contributed by atoms with van der Waals surface area (Å²) in [4.78, 5) is 0. The maximum absolute atomic E-state index is 9.74. The third-order valence-electron chi connectivity index (χ3n) is 3.17. The van der Waals surface area contributed by atoms with Crippen LogP contribution in [0.3, 0.4) is 0 Å². The van der Waals surface area contributed by atoms with Gasteiger partial charge in [-0.3, -0.25) is 4.68 Å². The fourth-order valence-corrected chi connectivity index (χ4v) is 1.85. The zero-order valence-electron chi connectivity index (χ0n) is 11.8. The molecule has 1 atom stereocenters. The third-order valence-corrected chi connectivity index (χ3v) is 3.17. The summed E-state index contributed by atoms with van der Waals surface area (Å²) in [6.45, 7) is 10.6. The van der Waals surface area contributed by atoms with Crippen molar-refractivity contribution in [1.29, 1.82) is 0 Å². The van der Waals surface area contributed by atoms with Crippen molar-refractivity contribution in [3.05, 3.63) is 11.3 Å². The van der Waals surface area contributed by atoms with E-state index < -0.39 is 5.60 Å². The van der Waals surface area contributed by atoms with Gasteiger partial charge in [0, 0.05) is 24.8 Å². The molecule has 0 bridgehead atoms. The largest absolute Gasteiger partial charge is 0.389 e. The summed E-state index contributed by atoms with van der Waals surface area (Å²) in [5, 5.41) is 17.5. The van der Waals surface area contributed by atoms with Crippen molar-refractivity contribution in [3.63, 3.8) is 0 Å². The lowest BCUT2D eigenvalue weighted by Crippen LogP contribution is -2.29. The van der Waals surface area contributed by atoms with E-state index in [9.17, 15) is 5.11 Å². The lowest BCUT2D eigenvalue weighted by molar-refractivity contribution is 0.0944. The zero-order chi connectivity index (χ0) is 13.2. The molecule has 2 N–H and O–H groups in total. The fourth-order valence-electron chi connectivity index (χ4n) is 1.85. The minimum Gasteiger partial charge on any atom is -0.389 e. The number of hydrogen-bond acceptors (Lipinski definition) is 3. The van der Waals surface area contributed by atoms with Crippen LogP contribution in [0.15, 0.2) is 0 Å². The molecular formula is C13H25N3O. The second-order valence-electron chi connectivity index (χ2n) is 5.45. The van der Waals surface area contributed by atoms with Crippen LogP contribution in [-0.2, 0) is 7.05 Å². The SMILES string of the molecule is CC[C@@H](C)c1c(NCC(C)(C)O)nn(C)c1C. The molecule has 4 nitrogen and oxygen atoms in total. The zero-order valence-corrected chi connectivity index (χ0v) is 11.8. The Hall–Kier alpha value is -1.03. The maximum atomic E-state index is 9.74. The highest BCUT2D eigenvalue weighted by molar-refractivity contribution is 5.49. The van der Waals surface area contributed by atoms with E-state index in [1.165, 1.54) is 11.3 Å². The average Bonchev–Trinajstić information content (AvgIpc) is 2.50. The Morgan fingerprint density at radius 2 is 2.06 bits per heavy atom. The molecule has 0 unspecified atom stereocenters. The van der Waals surface area contributed by atoms with Crippen molar-refractivity contribution in [2.24, 2.45) is 7.05 Å². The Balaban J connectivity index is 2.95. The van der Waals surface area contributed by atoms with E-state index in [1.807, 2.05) is 11.7 Å². The van der Waals surface area contributed by atoms with Crippen molar-refractivity contribution in [3.8, 4) is 0 Å². The van der Waals surface area contributed by atoms with Crippen LogP contribution in [0.1, 0.15) is 51.3 Å². The van der Waals surface area contributed by atoms with E-state index in [0.717, 1.165) is 12.2 Å². The second-order valence-corrected chi connectivity index (χ2v) is 5.45. The van der Waals surface area contributed by atoms with E-state index in [-0.39, 0.29) is 0 Å². The first kappa shape index (κ1) is 14.0. The van der Waals surface area contributed by atoms with E-state index in [2.05, 4.69) is 31.2 Å². The number of aryl methyl sites for hydroxylation is 1. The van der Waals surface area contributed by atoms with Crippen LogP contribution in [0.5, 0.6) is 0 Å². The molecule has 0 aliphatic rings. The molecule has 0 spiro atoms. The van der Waals surface area contributed by atoms with Gasteiger partial charge in [0.1, 0.15) is 0 Å². The number of nitrogens with one attached hydrogen (secondary N) is 1. The highest BCUT2D eigenvalue weighted by atomic mass is 16.3. The van der Waals surface area contributed by atoms with Crippen molar-refractivity contribution < 1.29 is 5.11 Å². The van der Waals surface area contributed by atoms with Crippen LogP contribution in [-0.4, -0.2) is 27.0 Å². The molecular weight excluding hydrogens is 214 g/mol. The summed E-state index contributed by atoms with van der Waals surface area (Å²) in [7, 11) is 1.95. The smallest absolute Gasteiger partial charge is 0.151 e. The molecule has 0 saturated heterocycles. The van der Waals surface area contributed by atoms with Gasteiger partial charge < -0.3 is 10.4 Å². The molecule has 1 heterocycles. The summed E-state index contributed by atoms with van der Waals surface area (Å²) < 4.78 is 1.90. The van der Waals surface area contributed by atoms with Gasteiger partial charge in [0.25, 0.3) is 0 Å². The van der Waals surface area contributed by atoms with E-state index in [1.54, 1.807) is 13.8 Å². The first-order chi connectivity index (χ1) is 7.76. The molecule has 0 amide bonds. The first-order valence-corrected chi connectivity index (χ1v) is 6.26. The van der Waals surface area contributed by atoms with E-state index in [4.69, 9.17) is 0 Å². The average molecular weight is 239 g/mol. The van der Waals surface area contributed by atoms with Gasteiger partial charge in [-0.15, -0.1) is 0 Å². The van der Waals surface area contributed by atoms with Crippen LogP contribution in [0, 0.1) is 6.92 Å². The molecule has 17 heavy (non-hydrogen) atoms. The Morgan fingerprint density at radius 1 is 1.47 bits per heavy atom. The molecule has 0 fully saturated rings. The van der Waals surface area contributed by atoms with Crippen molar-refractivity contribution in [2.45, 2.75) is 52.6 Å². The molecule has 0 aromatic carbocycles. The molecule has 4 heteroatoms. The molecule has 1 aromatic heterocycles. The molecule has 0 saturated carbocycles. The predicted molar refractivity (Wildman–Crippen MR) is 71.4 cm³/mol. The highest BCUT2D eigenvalue weighted by Crippen LogP contribution is 2.29. The van der Waals surface area contributed by atoms with Gasteiger partial charge in [-0.25, -0.2) is 0 Å². The van der Waals surface area contributed by atoms with Gasteiger partial charge in [-0.1, -0.05) is 13.8 Å². The lowest BCUT2D eigenvalue weighted by atomic mass is 9.98. The summed E-state index contributed by atoms with van der Waals surface area (Å²) in [5.41, 5.74) is 1.73. The number of hydrogen-bond donors (Lipinski definition) is 2. The Morgan fingerprint density at radius 3 is 2.53 bits per heavy atom. The first-order valence-electron chi connectivity index (χ1n) is 6.26. The molecule has 98 valence electrons. The molecule has 0 aliphatic carbocycles. The minimum atomic E-state index is -0.724. The van der Waals surface area contributed by atoms with Crippen LogP contribution in [0.4, 0.5) is 5.82 Å². The summed E-state index contributed by atoms with van der Waals surface area (Å²) in [5.74, 6) is 1.38. The van der Waals surface area contributed by atoms with E-state index in [0.29, 0.717) is 12.5 Å². The Bertz CT molecular complexity index is 377. The summed E-state index contributed by atoms with van der Waals surface area (Å²) in [6.07, 6.45) is 1.09. The normalized spacial score (nSPS) is 13.8. The van der Waals surface area contributed by atoms with Crippen LogP contribution in [0.25, 0.3) is 0 Å². The van der Waals surface area contributed by atoms with Gasteiger partial charge in [-0.05, 0) is 33.1 Å². The molecule has 1 rings (SSSR count). The topological polar surface area (TPSA) is 50.1 Å². The Labute approximate surface area is 104 Å². The van der Waals surface area contributed by atoms with Crippen LogP contribution in [0.2, 0.25) is 0 Å².